The fraction of sp³-hybridized carbons (Fsp3) is 0.500. The zero-order chi connectivity index (χ0) is 14.3. The third-order valence-electron chi connectivity index (χ3n) is 3.92. The average Bonchev–Trinajstić information content (AvgIpc) is 2.43. The van der Waals surface area contributed by atoms with Crippen LogP contribution in [0.4, 0.5) is 0 Å². The summed E-state index contributed by atoms with van der Waals surface area (Å²) in [5.74, 6) is -0.184. The summed E-state index contributed by atoms with van der Waals surface area (Å²) >= 11 is 0. The summed E-state index contributed by atoms with van der Waals surface area (Å²) in [5.41, 5.74) is -0.308. The van der Waals surface area contributed by atoms with Gasteiger partial charge in [-0.25, -0.2) is 0 Å². The first kappa shape index (κ1) is 14.1. The van der Waals surface area contributed by atoms with Crippen LogP contribution < -0.4 is 5.23 Å². The third kappa shape index (κ3) is 2.67. The highest BCUT2D eigenvalue weighted by Crippen LogP contribution is 2.40. The van der Waals surface area contributed by atoms with Gasteiger partial charge < -0.3 is 14.5 Å². The van der Waals surface area contributed by atoms with Crippen LogP contribution in [0.15, 0.2) is 30.3 Å². The highest BCUT2D eigenvalue weighted by atomic mass is 16.7. The number of hydrogen-bond acceptors (Lipinski definition) is 3. The fourth-order valence-corrected chi connectivity index (χ4v) is 2.40. The quantitative estimate of drug-likeness (QED) is 0.833. The number of amides is 1. The van der Waals surface area contributed by atoms with Crippen LogP contribution >= 0.6 is 0 Å². The van der Waals surface area contributed by atoms with Crippen molar-refractivity contribution in [1.29, 1.82) is 0 Å². The molecule has 0 bridgehead atoms. The lowest BCUT2D eigenvalue weighted by molar-refractivity contribution is 0.00578. The SMILES string of the molecule is C[B-]1(NC(=O)c2ccccc2)OC(C)(C)C(C)(C)O1. The van der Waals surface area contributed by atoms with E-state index in [1.165, 1.54) is 0 Å². The molecule has 1 aliphatic rings. The molecule has 0 atom stereocenters. The first-order chi connectivity index (χ1) is 8.65. The zero-order valence-corrected chi connectivity index (χ0v) is 12.2. The summed E-state index contributed by atoms with van der Waals surface area (Å²) in [4.78, 5) is 12.2. The number of hydrogen-bond donors (Lipinski definition) is 1. The average molecular weight is 262 g/mol. The lowest BCUT2D eigenvalue weighted by atomic mass is 9.75. The Kier molecular flexibility index (Phi) is 3.23. The first-order valence-electron chi connectivity index (χ1n) is 6.61. The van der Waals surface area contributed by atoms with Crippen LogP contribution in [-0.2, 0) is 9.31 Å². The van der Waals surface area contributed by atoms with Gasteiger partial charge in [0.25, 0.3) is 0 Å². The summed E-state index contributed by atoms with van der Waals surface area (Å²) in [6.45, 7) is 7.83. The molecule has 0 radical (unpaired) electrons. The molecule has 104 valence electrons. The van der Waals surface area contributed by atoms with Crippen LogP contribution in [0.25, 0.3) is 0 Å². The second kappa shape index (κ2) is 4.35. The smallest absolute Gasteiger partial charge is 0.343 e. The zero-order valence-electron chi connectivity index (χ0n) is 12.2. The Hall–Kier alpha value is -1.33. The Bertz CT molecular complexity index is 469. The standard InChI is InChI=1S/C14H21BNO3/c1-13(2)14(3,4)19-15(5,18-13)16-12(17)11-9-7-6-8-10-11/h6-10H,1-5H3,(H,16,17)/q-1. The molecule has 1 aliphatic heterocycles. The lowest BCUT2D eigenvalue weighted by Gasteiger charge is -2.36. The van der Waals surface area contributed by atoms with E-state index in [0.29, 0.717) is 5.56 Å². The van der Waals surface area contributed by atoms with Gasteiger partial charge in [0.15, 0.2) is 0 Å². The van der Waals surface area contributed by atoms with Crippen molar-refractivity contribution in [3.8, 4) is 0 Å². The lowest BCUT2D eigenvalue weighted by Crippen LogP contribution is -2.54. The van der Waals surface area contributed by atoms with Crippen LogP contribution in [0, 0.1) is 0 Å². The molecule has 1 N–H and O–H groups in total. The van der Waals surface area contributed by atoms with Gasteiger partial charge in [-0.3, -0.25) is 4.79 Å². The van der Waals surface area contributed by atoms with Crippen LogP contribution in [-0.4, -0.2) is 23.8 Å². The molecule has 1 saturated heterocycles. The molecule has 0 aliphatic carbocycles. The van der Waals surface area contributed by atoms with Crippen molar-refractivity contribution in [3.63, 3.8) is 0 Å². The first-order valence-corrected chi connectivity index (χ1v) is 6.61. The van der Waals surface area contributed by atoms with Crippen molar-refractivity contribution in [2.24, 2.45) is 0 Å². The normalized spacial score (nSPS) is 23.0. The van der Waals surface area contributed by atoms with Gasteiger partial charge in [-0.15, -0.1) is 6.82 Å². The maximum Gasteiger partial charge on any atom is 0.343 e. The van der Waals surface area contributed by atoms with Crippen molar-refractivity contribution >= 4 is 12.6 Å². The topological polar surface area (TPSA) is 47.6 Å². The Labute approximate surface area is 114 Å². The van der Waals surface area contributed by atoms with Crippen molar-refractivity contribution in [2.45, 2.75) is 45.7 Å². The molecule has 1 aromatic rings. The number of carbonyl (C=O) groups is 1. The van der Waals surface area contributed by atoms with Gasteiger partial charge in [0.05, 0.1) is 0 Å². The minimum Gasteiger partial charge on any atom is -0.544 e. The maximum absolute atomic E-state index is 12.2. The number of rotatable bonds is 2. The molecule has 1 fully saturated rings. The molecule has 2 rings (SSSR count). The van der Waals surface area contributed by atoms with E-state index in [1.54, 1.807) is 19.0 Å². The summed E-state index contributed by atoms with van der Waals surface area (Å²) in [5, 5.41) is 2.86. The van der Waals surface area contributed by atoms with E-state index < -0.39 is 17.9 Å². The summed E-state index contributed by atoms with van der Waals surface area (Å²) in [6.07, 6.45) is 0. The van der Waals surface area contributed by atoms with Gasteiger partial charge in [0, 0.05) is 16.8 Å². The van der Waals surface area contributed by atoms with Gasteiger partial charge >= 0.3 is 6.69 Å². The van der Waals surface area contributed by atoms with Gasteiger partial charge in [-0.05, 0) is 39.8 Å². The van der Waals surface area contributed by atoms with Crippen LogP contribution in [0.2, 0.25) is 6.82 Å². The van der Waals surface area contributed by atoms with Crippen molar-refractivity contribution in [1.82, 2.24) is 5.23 Å². The Balaban J connectivity index is 2.14. The van der Waals surface area contributed by atoms with E-state index >= 15 is 0 Å². The minimum atomic E-state index is -1.83. The second-order valence-electron chi connectivity index (χ2n) is 6.19. The Morgan fingerprint density at radius 3 is 2.00 bits per heavy atom. The van der Waals surface area contributed by atoms with E-state index in [-0.39, 0.29) is 5.91 Å². The number of benzene rings is 1. The molecule has 0 saturated carbocycles. The Morgan fingerprint density at radius 1 is 1.05 bits per heavy atom. The van der Waals surface area contributed by atoms with Crippen molar-refractivity contribution in [2.75, 3.05) is 0 Å². The predicted molar refractivity (Wildman–Crippen MR) is 75.9 cm³/mol. The van der Waals surface area contributed by atoms with Gasteiger partial charge in [0.1, 0.15) is 0 Å². The molecule has 19 heavy (non-hydrogen) atoms. The summed E-state index contributed by atoms with van der Waals surface area (Å²) in [7, 11) is 0. The van der Waals surface area contributed by atoms with Crippen LogP contribution in [0.1, 0.15) is 38.1 Å². The molecular weight excluding hydrogens is 241 g/mol. The van der Waals surface area contributed by atoms with E-state index in [4.69, 9.17) is 9.31 Å². The van der Waals surface area contributed by atoms with E-state index in [2.05, 4.69) is 5.23 Å². The molecule has 1 heterocycles. The largest absolute Gasteiger partial charge is 0.544 e. The van der Waals surface area contributed by atoms with Gasteiger partial charge in [0.2, 0.25) is 5.91 Å². The number of nitrogens with one attached hydrogen (secondary N) is 1. The van der Waals surface area contributed by atoms with Crippen molar-refractivity contribution < 1.29 is 14.1 Å². The van der Waals surface area contributed by atoms with Crippen molar-refractivity contribution in [3.05, 3.63) is 35.9 Å². The van der Waals surface area contributed by atoms with Crippen LogP contribution in [0.5, 0.6) is 0 Å². The number of carbonyl (C=O) groups excluding carboxylic acids is 1. The summed E-state index contributed by atoms with van der Waals surface area (Å²) < 4.78 is 11.9. The second-order valence-corrected chi connectivity index (χ2v) is 6.19. The fourth-order valence-electron chi connectivity index (χ4n) is 2.40. The summed E-state index contributed by atoms with van der Waals surface area (Å²) in [6, 6.07) is 9.06. The minimum absolute atomic E-state index is 0.184. The maximum atomic E-state index is 12.2. The molecule has 5 heteroatoms. The molecule has 4 nitrogen and oxygen atoms in total. The molecule has 0 unspecified atom stereocenters. The molecular formula is C14H21BNO3-. The van der Waals surface area contributed by atoms with E-state index in [9.17, 15) is 4.79 Å². The molecule has 0 aromatic heterocycles. The Morgan fingerprint density at radius 2 is 1.53 bits per heavy atom. The van der Waals surface area contributed by atoms with E-state index in [0.717, 1.165) is 0 Å². The van der Waals surface area contributed by atoms with E-state index in [1.807, 2.05) is 45.9 Å². The highest BCUT2D eigenvalue weighted by molar-refractivity contribution is 6.67. The monoisotopic (exact) mass is 262 g/mol. The van der Waals surface area contributed by atoms with Crippen LogP contribution in [0.3, 0.4) is 0 Å². The molecule has 1 aromatic carbocycles. The predicted octanol–water partition coefficient (Wildman–Crippen LogP) is 2.59. The van der Waals surface area contributed by atoms with Gasteiger partial charge in [-0.2, -0.15) is 0 Å². The third-order valence-corrected chi connectivity index (χ3v) is 3.92. The molecule has 0 spiro atoms. The molecule has 1 amide bonds. The van der Waals surface area contributed by atoms with Gasteiger partial charge in [-0.1, -0.05) is 18.2 Å². The highest BCUT2D eigenvalue weighted by Gasteiger charge is 2.50.